The monoisotopic (exact) mass is 385 g/mol. The second-order valence-corrected chi connectivity index (χ2v) is 7.50. The van der Waals surface area contributed by atoms with Gasteiger partial charge in [-0.1, -0.05) is 54.6 Å². The summed E-state index contributed by atoms with van der Waals surface area (Å²) < 4.78 is 2.56. The molecule has 0 saturated heterocycles. The molecule has 1 N–H and O–H groups in total. The minimum Gasteiger partial charge on any atom is -0.340 e. The van der Waals surface area contributed by atoms with Gasteiger partial charge in [-0.2, -0.15) is 0 Å². The first-order valence-corrected chi connectivity index (χ1v) is 9.48. The minimum atomic E-state index is -0.436. The van der Waals surface area contributed by atoms with Crippen LogP contribution in [0.4, 0.5) is 5.82 Å². The van der Waals surface area contributed by atoms with Gasteiger partial charge in [0, 0.05) is 36.7 Å². The van der Waals surface area contributed by atoms with Gasteiger partial charge in [-0.15, -0.1) is 0 Å². The van der Waals surface area contributed by atoms with Gasteiger partial charge in [0.15, 0.2) is 5.78 Å². The maximum absolute atomic E-state index is 13.3. The summed E-state index contributed by atoms with van der Waals surface area (Å²) in [5, 5.41) is 3.25. The van der Waals surface area contributed by atoms with E-state index in [1.807, 2.05) is 48.5 Å². The molecule has 2 aromatic carbocycles. The number of hydrogen-bond donors (Lipinski definition) is 1. The zero-order valence-electron chi connectivity index (χ0n) is 16.1. The molecule has 0 radical (unpaired) electrons. The van der Waals surface area contributed by atoms with Crippen LogP contribution in [0.15, 0.2) is 69.8 Å². The Bertz CT molecular complexity index is 1330. The zero-order valence-corrected chi connectivity index (χ0v) is 16.1. The molecule has 2 heterocycles. The molecule has 6 heteroatoms. The summed E-state index contributed by atoms with van der Waals surface area (Å²) in [6.45, 7) is 0. The van der Waals surface area contributed by atoms with Crippen LogP contribution in [0.2, 0.25) is 0 Å². The first kappa shape index (κ1) is 17.4. The van der Waals surface area contributed by atoms with Gasteiger partial charge in [-0.05, 0) is 12.0 Å². The van der Waals surface area contributed by atoms with Crippen LogP contribution < -0.4 is 16.6 Å². The molecule has 1 aliphatic heterocycles. The maximum Gasteiger partial charge on any atom is 0.332 e. The second kappa shape index (κ2) is 6.17. The van der Waals surface area contributed by atoms with Gasteiger partial charge in [-0.25, -0.2) is 4.79 Å². The van der Waals surface area contributed by atoms with Gasteiger partial charge in [0.25, 0.3) is 5.56 Å². The number of nitrogens with one attached hydrogen (secondary N) is 1. The molecule has 0 bridgehead atoms. The number of nitrogens with zero attached hydrogens (tertiary/aromatic N) is 2. The van der Waals surface area contributed by atoms with Crippen LogP contribution in [0.5, 0.6) is 0 Å². The first-order chi connectivity index (χ1) is 14.0. The second-order valence-electron chi connectivity index (χ2n) is 7.50. The van der Waals surface area contributed by atoms with Crippen molar-refractivity contribution < 1.29 is 4.79 Å². The van der Waals surface area contributed by atoms with E-state index in [0.29, 0.717) is 34.6 Å². The number of aromatic nitrogens is 2. The lowest BCUT2D eigenvalue weighted by molar-refractivity contribution is 0.103. The third-order valence-corrected chi connectivity index (χ3v) is 5.88. The molecule has 1 aromatic heterocycles. The molecule has 1 aliphatic carbocycles. The fourth-order valence-electron chi connectivity index (χ4n) is 4.42. The molecule has 2 aliphatic rings. The smallest absolute Gasteiger partial charge is 0.332 e. The summed E-state index contributed by atoms with van der Waals surface area (Å²) in [6.07, 6.45) is 0.502. The molecule has 0 fully saturated rings. The number of allylic oxidation sites excluding steroid dienone is 1. The third-order valence-electron chi connectivity index (χ3n) is 5.88. The number of hydrogen-bond acceptors (Lipinski definition) is 4. The Morgan fingerprint density at radius 3 is 2.24 bits per heavy atom. The number of carbonyl (C=O) groups is 1. The highest BCUT2D eigenvalue weighted by molar-refractivity contribution is 6.23. The Morgan fingerprint density at radius 2 is 1.52 bits per heavy atom. The number of fused-ring (bicyclic) bond motifs is 3. The largest absolute Gasteiger partial charge is 0.340 e. The average molecular weight is 385 g/mol. The molecule has 6 nitrogen and oxygen atoms in total. The molecule has 29 heavy (non-hydrogen) atoms. The highest BCUT2D eigenvalue weighted by Crippen LogP contribution is 2.46. The highest BCUT2D eigenvalue weighted by Gasteiger charge is 2.41. The molecule has 0 amide bonds. The third kappa shape index (κ3) is 2.38. The van der Waals surface area contributed by atoms with Crippen molar-refractivity contribution in [2.75, 3.05) is 5.32 Å². The topological polar surface area (TPSA) is 73.1 Å². The van der Waals surface area contributed by atoms with Gasteiger partial charge in [0.1, 0.15) is 5.82 Å². The van der Waals surface area contributed by atoms with Crippen molar-refractivity contribution in [2.24, 2.45) is 14.1 Å². The lowest BCUT2D eigenvalue weighted by Crippen LogP contribution is -2.43. The Morgan fingerprint density at radius 1 is 0.862 bits per heavy atom. The number of Topliss-reactive ketones (excluding diaryl/α,β-unsaturated/α-hetero) is 1. The summed E-state index contributed by atoms with van der Waals surface area (Å²) in [7, 11) is 3.11. The van der Waals surface area contributed by atoms with Gasteiger partial charge < -0.3 is 5.32 Å². The Kier molecular flexibility index (Phi) is 3.71. The molecule has 144 valence electrons. The standard InChI is InChI=1S/C23H19N3O3/c1-25-21-18(22(28)26(2)23(25)29)16(12-13-8-4-3-5-9-13)17-19(24-21)14-10-6-7-11-15(14)20(17)27/h3-11,16,24H,12H2,1-2H3. The highest BCUT2D eigenvalue weighted by atomic mass is 16.2. The van der Waals surface area contributed by atoms with E-state index in [-0.39, 0.29) is 11.3 Å². The molecular formula is C23H19N3O3. The number of anilines is 1. The summed E-state index contributed by atoms with van der Waals surface area (Å²) in [5.41, 5.74) is 3.44. The van der Waals surface area contributed by atoms with Crippen molar-refractivity contribution in [3.05, 3.63) is 103 Å². The fraction of sp³-hybridized carbons (Fsp3) is 0.174. The number of carbonyl (C=O) groups excluding carboxylic acids is 1. The Balaban J connectivity index is 1.80. The van der Waals surface area contributed by atoms with Crippen molar-refractivity contribution in [1.82, 2.24) is 9.13 Å². The fourth-order valence-corrected chi connectivity index (χ4v) is 4.42. The molecule has 0 saturated carbocycles. The maximum atomic E-state index is 13.3. The molecule has 1 unspecified atom stereocenters. The van der Waals surface area contributed by atoms with E-state index in [2.05, 4.69) is 5.32 Å². The summed E-state index contributed by atoms with van der Waals surface area (Å²) >= 11 is 0. The Hall–Kier alpha value is -3.67. The SMILES string of the molecule is Cn1c2c(c(=O)n(C)c1=O)C(Cc1ccccc1)C1=C(N2)c2ccccc2C1=O. The van der Waals surface area contributed by atoms with Crippen LogP contribution in [0, 0.1) is 0 Å². The van der Waals surface area contributed by atoms with Gasteiger partial charge >= 0.3 is 5.69 Å². The Labute approximate surface area is 166 Å². The van der Waals surface area contributed by atoms with Crippen molar-refractivity contribution in [2.45, 2.75) is 12.3 Å². The first-order valence-electron chi connectivity index (χ1n) is 9.48. The lowest BCUT2D eigenvalue weighted by Gasteiger charge is -2.29. The van der Waals surface area contributed by atoms with E-state index < -0.39 is 11.6 Å². The van der Waals surface area contributed by atoms with E-state index in [1.54, 1.807) is 13.1 Å². The van der Waals surface area contributed by atoms with Crippen molar-refractivity contribution in [1.29, 1.82) is 0 Å². The van der Waals surface area contributed by atoms with Crippen LogP contribution in [0.25, 0.3) is 5.70 Å². The number of ketones is 1. The minimum absolute atomic E-state index is 0.0643. The number of rotatable bonds is 2. The van der Waals surface area contributed by atoms with Gasteiger partial charge in [0.2, 0.25) is 0 Å². The van der Waals surface area contributed by atoms with Crippen molar-refractivity contribution in [3.8, 4) is 0 Å². The molecular weight excluding hydrogens is 366 g/mol. The van der Waals surface area contributed by atoms with Crippen LogP contribution in [-0.4, -0.2) is 14.9 Å². The predicted octanol–water partition coefficient (Wildman–Crippen LogP) is 2.44. The summed E-state index contributed by atoms with van der Waals surface area (Å²) in [4.78, 5) is 39.0. The van der Waals surface area contributed by atoms with E-state index in [1.165, 1.54) is 11.6 Å². The summed E-state index contributed by atoms with van der Waals surface area (Å²) in [6, 6.07) is 17.2. The van der Waals surface area contributed by atoms with Crippen LogP contribution in [-0.2, 0) is 20.5 Å². The molecule has 1 atom stereocenters. The lowest BCUT2D eigenvalue weighted by atomic mass is 9.82. The van der Waals surface area contributed by atoms with E-state index in [4.69, 9.17) is 0 Å². The van der Waals surface area contributed by atoms with E-state index >= 15 is 0 Å². The predicted molar refractivity (Wildman–Crippen MR) is 111 cm³/mol. The van der Waals surface area contributed by atoms with Crippen molar-refractivity contribution >= 4 is 17.3 Å². The van der Waals surface area contributed by atoms with Crippen LogP contribution in [0.1, 0.15) is 33.0 Å². The normalized spacial score (nSPS) is 16.9. The molecule has 0 spiro atoms. The number of benzene rings is 2. The molecule has 5 rings (SSSR count). The van der Waals surface area contributed by atoms with Gasteiger partial charge in [-0.3, -0.25) is 18.7 Å². The van der Waals surface area contributed by atoms with Crippen LogP contribution >= 0.6 is 0 Å². The zero-order chi connectivity index (χ0) is 20.3. The quantitative estimate of drug-likeness (QED) is 0.735. The van der Waals surface area contributed by atoms with E-state index in [9.17, 15) is 14.4 Å². The average Bonchev–Trinajstić information content (AvgIpc) is 3.03. The van der Waals surface area contributed by atoms with E-state index in [0.717, 1.165) is 15.7 Å². The van der Waals surface area contributed by atoms with Crippen LogP contribution in [0.3, 0.4) is 0 Å². The summed E-state index contributed by atoms with van der Waals surface area (Å²) in [5.74, 6) is -0.0399. The van der Waals surface area contributed by atoms with Gasteiger partial charge in [0.05, 0.1) is 11.3 Å². The molecule has 3 aromatic rings. The van der Waals surface area contributed by atoms with Crippen molar-refractivity contribution in [3.63, 3.8) is 0 Å².